The van der Waals surface area contributed by atoms with Crippen molar-refractivity contribution in [3.05, 3.63) is 47.5 Å². The van der Waals surface area contributed by atoms with Crippen molar-refractivity contribution < 1.29 is 9.09 Å². The molecule has 80 valence electrons. The molecule has 0 aromatic heterocycles. The van der Waals surface area contributed by atoms with Crippen LogP contribution in [0.4, 0.5) is 0 Å². The Hall–Kier alpha value is -1.24. The van der Waals surface area contributed by atoms with Gasteiger partial charge in [0.05, 0.1) is 10.3 Å². The molecule has 4 heteroatoms. The van der Waals surface area contributed by atoms with E-state index in [1.54, 1.807) is 6.07 Å². The fraction of sp³-hybridized carbons (Fsp3) is 0. The van der Waals surface area contributed by atoms with Gasteiger partial charge in [0.2, 0.25) is 0 Å². The van der Waals surface area contributed by atoms with Gasteiger partial charge in [0.15, 0.2) is 5.75 Å². The van der Waals surface area contributed by atoms with E-state index in [0.29, 0.717) is 10.8 Å². The molecule has 1 unspecified atom stereocenters. The zero-order valence-corrected chi connectivity index (χ0v) is 9.99. The molecule has 2 aromatic rings. The number of hydrogen-bond acceptors (Lipinski definition) is 2. The fourth-order valence-corrected chi connectivity index (χ4v) is 3.33. The van der Waals surface area contributed by atoms with Crippen molar-refractivity contribution in [3.8, 4) is 16.9 Å². The van der Waals surface area contributed by atoms with E-state index in [0.717, 1.165) is 16.4 Å². The molecule has 2 aromatic carbocycles. The third-order valence-electron chi connectivity index (χ3n) is 2.60. The Bertz CT molecular complexity index is 595. The van der Waals surface area contributed by atoms with Crippen LogP contribution in [0.15, 0.2) is 42.5 Å². The second-order valence-electron chi connectivity index (χ2n) is 3.55. The van der Waals surface area contributed by atoms with Gasteiger partial charge in [-0.25, -0.2) is 0 Å². The average molecular weight is 251 g/mol. The first kappa shape index (κ1) is 9.95. The topological polar surface area (TPSA) is 26.3 Å². The molecular formula is C12H8ClO2P. The summed E-state index contributed by atoms with van der Waals surface area (Å²) >= 11 is 6.03. The number of hydrogen-bond donors (Lipinski definition) is 0. The van der Waals surface area contributed by atoms with E-state index < -0.39 is 8.03 Å². The molecule has 0 aliphatic carbocycles. The second kappa shape index (κ2) is 3.65. The Morgan fingerprint density at radius 2 is 1.75 bits per heavy atom. The van der Waals surface area contributed by atoms with Crippen LogP contribution < -0.4 is 9.83 Å². The molecule has 1 heterocycles. The second-order valence-corrected chi connectivity index (χ2v) is 5.28. The molecule has 0 radical (unpaired) electrons. The van der Waals surface area contributed by atoms with Crippen molar-refractivity contribution in [1.29, 1.82) is 0 Å². The third kappa shape index (κ3) is 1.38. The maximum absolute atomic E-state index is 11.9. The lowest BCUT2D eigenvalue weighted by atomic mass is 10.0. The largest absolute Gasteiger partial charge is 0.439 e. The summed E-state index contributed by atoms with van der Waals surface area (Å²) < 4.78 is 17.3. The number of rotatable bonds is 0. The summed E-state index contributed by atoms with van der Waals surface area (Å²) in [6, 6.07) is 13.1. The van der Waals surface area contributed by atoms with Crippen LogP contribution in [-0.2, 0) is 4.57 Å². The van der Waals surface area contributed by atoms with Crippen LogP contribution in [0, 0.1) is 0 Å². The summed E-state index contributed by atoms with van der Waals surface area (Å²) in [4.78, 5) is 0. The number of halogens is 1. The SMILES string of the molecule is O=[PH]1Oc2c(Cl)cccc2-c2ccccc21. The smallest absolute Gasteiger partial charge is 0.266 e. The molecule has 1 aliphatic rings. The Balaban J connectivity index is 2.36. The summed E-state index contributed by atoms with van der Waals surface area (Å²) in [6.45, 7) is 0. The minimum atomic E-state index is -2.22. The Labute approximate surface area is 98.7 Å². The van der Waals surface area contributed by atoms with E-state index in [-0.39, 0.29) is 0 Å². The van der Waals surface area contributed by atoms with Gasteiger partial charge in [-0.1, -0.05) is 41.9 Å². The third-order valence-corrected chi connectivity index (χ3v) is 4.16. The number of para-hydroxylation sites is 1. The van der Waals surface area contributed by atoms with Gasteiger partial charge in [-0.3, -0.25) is 4.57 Å². The number of fused-ring (bicyclic) bond motifs is 3. The number of benzene rings is 2. The lowest BCUT2D eigenvalue weighted by Gasteiger charge is -2.20. The Morgan fingerprint density at radius 1 is 1.00 bits per heavy atom. The van der Waals surface area contributed by atoms with Crippen molar-refractivity contribution in [2.75, 3.05) is 0 Å². The molecule has 0 saturated carbocycles. The highest BCUT2D eigenvalue weighted by molar-refractivity contribution is 7.49. The summed E-state index contributed by atoms with van der Waals surface area (Å²) in [5.41, 5.74) is 1.86. The van der Waals surface area contributed by atoms with Crippen LogP contribution in [0.1, 0.15) is 0 Å². The maximum atomic E-state index is 11.9. The van der Waals surface area contributed by atoms with Gasteiger partial charge >= 0.3 is 0 Å². The lowest BCUT2D eigenvalue weighted by Crippen LogP contribution is -2.09. The normalized spacial score (nSPS) is 17.2. The summed E-state index contributed by atoms with van der Waals surface area (Å²) in [6.07, 6.45) is 0. The minimum Gasteiger partial charge on any atom is -0.439 e. The Morgan fingerprint density at radius 3 is 2.62 bits per heavy atom. The zero-order chi connectivity index (χ0) is 11.1. The molecule has 0 saturated heterocycles. The van der Waals surface area contributed by atoms with Crippen LogP contribution >= 0.6 is 19.6 Å². The lowest BCUT2D eigenvalue weighted by molar-refractivity contribution is 0.513. The first-order chi connectivity index (χ1) is 7.77. The van der Waals surface area contributed by atoms with Gasteiger partial charge < -0.3 is 4.52 Å². The maximum Gasteiger partial charge on any atom is 0.266 e. The average Bonchev–Trinajstić information content (AvgIpc) is 2.31. The van der Waals surface area contributed by atoms with Crippen molar-refractivity contribution in [3.63, 3.8) is 0 Å². The van der Waals surface area contributed by atoms with Crippen LogP contribution in [-0.4, -0.2) is 0 Å². The zero-order valence-electron chi connectivity index (χ0n) is 8.24. The predicted octanol–water partition coefficient (Wildman–Crippen LogP) is 3.50. The molecule has 0 spiro atoms. The molecule has 0 bridgehead atoms. The highest BCUT2D eigenvalue weighted by atomic mass is 35.5. The van der Waals surface area contributed by atoms with Crippen molar-refractivity contribution >= 4 is 24.9 Å². The Kier molecular flexibility index (Phi) is 2.27. The molecule has 0 N–H and O–H groups in total. The van der Waals surface area contributed by atoms with Crippen molar-refractivity contribution in [2.45, 2.75) is 0 Å². The molecule has 0 amide bonds. The van der Waals surface area contributed by atoms with E-state index in [1.807, 2.05) is 36.4 Å². The van der Waals surface area contributed by atoms with Gasteiger partial charge in [-0.15, -0.1) is 0 Å². The van der Waals surface area contributed by atoms with Gasteiger partial charge in [-0.2, -0.15) is 0 Å². The molecule has 2 nitrogen and oxygen atoms in total. The first-order valence-corrected chi connectivity index (χ1v) is 6.57. The summed E-state index contributed by atoms with van der Waals surface area (Å²) in [7, 11) is -2.22. The van der Waals surface area contributed by atoms with E-state index in [9.17, 15) is 4.57 Å². The molecular weight excluding hydrogens is 243 g/mol. The minimum absolute atomic E-state index is 0.505. The van der Waals surface area contributed by atoms with Crippen LogP contribution in [0.3, 0.4) is 0 Å². The highest BCUT2D eigenvalue weighted by Gasteiger charge is 2.23. The molecule has 0 fully saturated rings. The summed E-state index contributed by atoms with van der Waals surface area (Å²) in [5, 5.41) is 1.27. The van der Waals surface area contributed by atoms with E-state index >= 15 is 0 Å². The molecule has 1 aliphatic heterocycles. The summed E-state index contributed by atoms with van der Waals surface area (Å²) in [5.74, 6) is 0.534. The van der Waals surface area contributed by atoms with Crippen LogP contribution in [0.2, 0.25) is 5.02 Å². The van der Waals surface area contributed by atoms with Crippen molar-refractivity contribution in [1.82, 2.24) is 0 Å². The van der Waals surface area contributed by atoms with E-state index in [2.05, 4.69) is 0 Å². The fourth-order valence-electron chi connectivity index (χ4n) is 1.87. The monoisotopic (exact) mass is 250 g/mol. The highest BCUT2D eigenvalue weighted by Crippen LogP contribution is 2.45. The molecule has 16 heavy (non-hydrogen) atoms. The van der Waals surface area contributed by atoms with Crippen LogP contribution in [0.5, 0.6) is 5.75 Å². The predicted molar refractivity (Wildman–Crippen MR) is 66.2 cm³/mol. The van der Waals surface area contributed by atoms with Gasteiger partial charge in [0.1, 0.15) is 0 Å². The van der Waals surface area contributed by atoms with Crippen molar-refractivity contribution in [2.24, 2.45) is 0 Å². The quantitative estimate of drug-likeness (QED) is 0.669. The first-order valence-electron chi connectivity index (χ1n) is 4.87. The van der Waals surface area contributed by atoms with E-state index in [1.165, 1.54) is 0 Å². The molecule has 3 rings (SSSR count). The van der Waals surface area contributed by atoms with E-state index in [4.69, 9.17) is 16.1 Å². The van der Waals surface area contributed by atoms with Gasteiger partial charge in [0, 0.05) is 5.56 Å². The van der Waals surface area contributed by atoms with Gasteiger partial charge in [0.25, 0.3) is 8.03 Å². The van der Waals surface area contributed by atoms with Crippen LogP contribution in [0.25, 0.3) is 11.1 Å². The van der Waals surface area contributed by atoms with Gasteiger partial charge in [-0.05, 0) is 17.7 Å². The standard InChI is InChI=1S/C12H8ClO2P/c13-10-6-3-5-9-8-4-1-2-7-11(8)16(14)15-12(9)10/h1-7,16H. The molecule has 1 atom stereocenters.